The van der Waals surface area contributed by atoms with Gasteiger partial charge in [0.2, 0.25) is 0 Å². The van der Waals surface area contributed by atoms with E-state index in [1.807, 2.05) is 4.90 Å². The van der Waals surface area contributed by atoms with E-state index in [2.05, 4.69) is 13.8 Å². The summed E-state index contributed by atoms with van der Waals surface area (Å²) >= 11 is 0. The second-order valence-corrected chi connectivity index (χ2v) is 3.85. The number of carbonyl (C=O) groups is 1. The van der Waals surface area contributed by atoms with E-state index in [4.69, 9.17) is 5.11 Å². The van der Waals surface area contributed by atoms with Crippen LogP contribution in [0.1, 0.15) is 40.5 Å². The van der Waals surface area contributed by atoms with Gasteiger partial charge in [0.15, 0.2) is 0 Å². The fourth-order valence-corrected chi connectivity index (χ4v) is 1.35. The molecule has 0 aliphatic rings. The summed E-state index contributed by atoms with van der Waals surface area (Å²) in [5.74, 6) is -0.741. The maximum absolute atomic E-state index is 11.0. The van der Waals surface area contributed by atoms with E-state index in [9.17, 15) is 4.79 Å². The third-order valence-electron chi connectivity index (χ3n) is 2.30. The molecule has 0 saturated heterocycles. The largest absolute Gasteiger partial charge is 0.480 e. The molecule has 0 aromatic rings. The second kappa shape index (κ2) is 5.22. The highest BCUT2D eigenvalue weighted by Crippen LogP contribution is 2.15. The van der Waals surface area contributed by atoms with Crippen LogP contribution < -0.4 is 0 Å². The molecule has 0 aromatic heterocycles. The zero-order valence-electron chi connectivity index (χ0n) is 9.13. The zero-order chi connectivity index (χ0) is 10.5. The Hall–Kier alpha value is -0.570. The number of carboxylic acid groups (broad SMARTS) is 1. The molecule has 0 bridgehead atoms. The van der Waals surface area contributed by atoms with Crippen LogP contribution in [0.2, 0.25) is 0 Å². The Labute approximate surface area is 80.7 Å². The van der Waals surface area contributed by atoms with Crippen molar-refractivity contribution in [3.8, 4) is 0 Å². The van der Waals surface area contributed by atoms with Gasteiger partial charge in [0.25, 0.3) is 0 Å². The van der Waals surface area contributed by atoms with Crippen LogP contribution in [0.4, 0.5) is 0 Å². The molecule has 0 atom stereocenters. The predicted octanol–water partition coefficient (Wildman–Crippen LogP) is 1.97. The van der Waals surface area contributed by atoms with Crippen molar-refractivity contribution in [3.05, 3.63) is 0 Å². The average Bonchev–Trinajstić information content (AvgIpc) is 2.03. The van der Waals surface area contributed by atoms with Gasteiger partial charge in [-0.1, -0.05) is 13.8 Å². The lowest BCUT2D eigenvalue weighted by atomic mass is 10.0. The summed E-state index contributed by atoms with van der Waals surface area (Å²) in [7, 11) is 0. The normalized spacial score (nSPS) is 12.1. The molecular weight excluding hydrogens is 166 g/mol. The highest BCUT2D eigenvalue weighted by Gasteiger charge is 2.33. The van der Waals surface area contributed by atoms with Crippen LogP contribution in [0, 0.1) is 0 Å². The van der Waals surface area contributed by atoms with E-state index in [0.29, 0.717) is 0 Å². The summed E-state index contributed by atoms with van der Waals surface area (Å²) in [6.45, 7) is 9.38. The molecular formula is C10H21NO2. The molecule has 0 aromatic carbocycles. The maximum atomic E-state index is 11.0. The van der Waals surface area contributed by atoms with Crippen molar-refractivity contribution in [1.82, 2.24) is 4.90 Å². The van der Waals surface area contributed by atoms with Crippen LogP contribution in [0.3, 0.4) is 0 Å². The fourth-order valence-electron chi connectivity index (χ4n) is 1.35. The van der Waals surface area contributed by atoms with Gasteiger partial charge in [-0.15, -0.1) is 0 Å². The van der Waals surface area contributed by atoms with Gasteiger partial charge in [0.1, 0.15) is 5.54 Å². The van der Waals surface area contributed by atoms with E-state index in [1.54, 1.807) is 13.8 Å². The average molecular weight is 187 g/mol. The first-order chi connectivity index (χ1) is 5.96. The molecule has 78 valence electrons. The number of rotatable bonds is 6. The number of nitrogens with zero attached hydrogens (tertiary/aromatic N) is 1. The lowest BCUT2D eigenvalue weighted by molar-refractivity contribution is -0.149. The molecule has 3 heteroatoms. The van der Waals surface area contributed by atoms with Gasteiger partial charge in [-0.3, -0.25) is 9.69 Å². The lowest BCUT2D eigenvalue weighted by Crippen LogP contribution is -2.50. The molecule has 0 fully saturated rings. The van der Waals surface area contributed by atoms with Crippen molar-refractivity contribution in [2.45, 2.75) is 46.1 Å². The summed E-state index contributed by atoms with van der Waals surface area (Å²) in [6, 6.07) is 0. The summed E-state index contributed by atoms with van der Waals surface area (Å²) < 4.78 is 0. The molecule has 0 heterocycles. The number of hydrogen-bond acceptors (Lipinski definition) is 2. The second-order valence-electron chi connectivity index (χ2n) is 3.85. The van der Waals surface area contributed by atoms with E-state index in [1.165, 1.54) is 0 Å². The molecule has 1 N–H and O–H groups in total. The molecule has 0 aliphatic carbocycles. The Morgan fingerprint density at radius 1 is 1.23 bits per heavy atom. The summed E-state index contributed by atoms with van der Waals surface area (Å²) in [5, 5.41) is 9.02. The minimum atomic E-state index is -0.741. The van der Waals surface area contributed by atoms with Gasteiger partial charge in [0.05, 0.1) is 0 Å². The quantitative estimate of drug-likeness (QED) is 0.691. The molecule has 0 aliphatic heterocycles. The van der Waals surface area contributed by atoms with Gasteiger partial charge in [-0.05, 0) is 39.8 Å². The monoisotopic (exact) mass is 187 g/mol. The van der Waals surface area contributed by atoms with Crippen molar-refractivity contribution < 1.29 is 9.90 Å². The van der Waals surface area contributed by atoms with Gasteiger partial charge in [-0.25, -0.2) is 0 Å². The molecule has 3 nitrogen and oxygen atoms in total. The van der Waals surface area contributed by atoms with Crippen molar-refractivity contribution in [3.63, 3.8) is 0 Å². The maximum Gasteiger partial charge on any atom is 0.323 e. The molecule has 0 unspecified atom stereocenters. The Morgan fingerprint density at radius 3 is 1.85 bits per heavy atom. The molecule has 0 amide bonds. The van der Waals surface area contributed by atoms with E-state index in [-0.39, 0.29) is 0 Å². The smallest absolute Gasteiger partial charge is 0.323 e. The molecule has 0 saturated carbocycles. The number of carboxylic acids is 1. The van der Waals surface area contributed by atoms with Gasteiger partial charge in [-0.2, -0.15) is 0 Å². The van der Waals surface area contributed by atoms with Crippen LogP contribution >= 0.6 is 0 Å². The SMILES string of the molecule is CCCN(CCC)C(C)(C)C(=O)O. The first kappa shape index (κ1) is 12.4. The third-order valence-corrected chi connectivity index (χ3v) is 2.30. The molecule has 0 spiro atoms. The number of hydrogen-bond donors (Lipinski definition) is 1. The van der Waals surface area contributed by atoms with E-state index >= 15 is 0 Å². The lowest BCUT2D eigenvalue weighted by Gasteiger charge is -2.34. The zero-order valence-corrected chi connectivity index (χ0v) is 9.13. The van der Waals surface area contributed by atoms with Gasteiger partial charge in [0, 0.05) is 0 Å². The van der Waals surface area contributed by atoms with Gasteiger partial charge >= 0.3 is 5.97 Å². The Kier molecular flexibility index (Phi) is 4.99. The minimum Gasteiger partial charge on any atom is -0.480 e. The number of aliphatic carboxylic acids is 1. The first-order valence-electron chi connectivity index (χ1n) is 4.95. The molecule has 13 heavy (non-hydrogen) atoms. The van der Waals surface area contributed by atoms with E-state index < -0.39 is 11.5 Å². The van der Waals surface area contributed by atoms with Crippen LogP contribution in [0.15, 0.2) is 0 Å². The fraction of sp³-hybridized carbons (Fsp3) is 0.900. The molecule has 0 radical (unpaired) electrons. The summed E-state index contributed by atoms with van der Waals surface area (Å²) in [6.07, 6.45) is 1.99. The van der Waals surface area contributed by atoms with Crippen LogP contribution in [0.5, 0.6) is 0 Å². The van der Waals surface area contributed by atoms with Crippen molar-refractivity contribution in [2.75, 3.05) is 13.1 Å². The van der Waals surface area contributed by atoms with Crippen molar-refractivity contribution in [1.29, 1.82) is 0 Å². The highest BCUT2D eigenvalue weighted by molar-refractivity contribution is 5.77. The van der Waals surface area contributed by atoms with E-state index in [0.717, 1.165) is 25.9 Å². The summed E-state index contributed by atoms with van der Waals surface area (Å²) in [4.78, 5) is 13.0. The minimum absolute atomic E-state index is 0.730. The molecule has 0 rings (SSSR count). The van der Waals surface area contributed by atoms with Crippen molar-refractivity contribution in [2.24, 2.45) is 0 Å². The Morgan fingerprint density at radius 2 is 1.62 bits per heavy atom. The van der Waals surface area contributed by atoms with Crippen LogP contribution in [-0.4, -0.2) is 34.6 Å². The predicted molar refractivity (Wildman–Crippen MR) is 53.9 cm³/mol. The van der Waals surface area contributed by atoms with Crippen LogP contribution in [0.25, 0.3) is 0 Å². The van der Waals surface area contributed by atoms with Gasteiger partial charge < -0.3 is 5.11 Å². The summed E-state index contributed by atoms with van der Waals surface area (Å²) in [5.41, 5.74) is -0.730. The Balaban J connectivity index is 4.41. The first-order valence-corrected chi connectivity index (χ1v) is 4.95. The Bertz CT molecular complexity index is 160. The standard InChI is InChI=1S/C10H21NO2/c1-5-7-11(8-6-2)10(3,4)9(12)13/h5-8H2,1-4H3,(H,12,13). The highest BCUT2D eigenvalue weighted by atomic mass is 16.4. The van der Waals surface area contributed by atoms with Crippen LogP contribution in [-0.2, 0) is 4.79 Å². The van der Waals surface area contributed by atoms with Crippen molar-refractivity contribution >= 4 is 5.97 Å². The third kappa shape index (κ3) is 3.35. The topological polar surface area (TPSA) is 40.5 Å².